The van der Waals surface area contributed by atoms with Crippen molar-refractivity contribution in [2.75, 3.05) is 13.2 Å². The molecule has 2 aromatic rings. The molecule has 1 heterocycles. The summed E-state index contributed by atoms with van der Waals surface area (Å²) in [7, 11) is 0. The Hall–Kier alpha value is -1.72. The molecule has 5 heteroatoms. The Balaban J connectivity index is 1.73. The van der Waals surface area contributed by atoms with Crippen molar-refractivity contribution in [1.29, 1.82) is 0 Å². The van der Waals surface area contributed by atoms with Gasteiger partial charge in [-0.2, -0.15) is 0 Å². The van der Waals surface area contributed by atoms with Crippen molar-refractivity contribution in [3.8, 4) is 11.5 Å². The minimum Gasteiger partial charge on any atom is -0.444 e. The standard InChI is InChI=1S/C15H17FN2O2/c16-12-3-1-2-11(8-12)15-17-13(10-20-15)9-18(6-7-19)14-4-5-14/h1-3,8,10,14,19H,4-7,9H2. The Labute approximate surface area is 116 Å². The van der Waals surface area contributed by atoms with Crippen LogP contribution in [0.3, 0.4) is 0 Å². The van der Waals surface area contributed by atoms with Gasteiger partial charge in [0.1, 0.15) is 12.1 Å². The van der Waals surface area contributed by atoms with E-state index in [1.165, 1.54) is 25.0 Å². The van der Waals surface area contributed by atoms with Gasteiger partial charge < -0.3 is 9.52 Å². The molecule has 106 valence electrons. The molecule has 3 rings (SSSR count). The number of benzene rings is 1. The average molecular weight is 276 g/mol. The fourth-order valence-electron chi connectivity index (χ4n) is 2.30. The number of aromatic nitrogens is 1. The van der Waals surface area contributed by atoms with E-state index < -0.39 is 0 Å². The summed E-state index contributed by atoms with van der Waals surface area (Å²) in [6, 6.07) is 6.75. The molecule has 0 spiro atoms. The van der Waals surface area contributed by atoms with Gasteiger partial charge in [0.15, 0.2) is 0 Å². The molecule has 4 nitrogen and oxygen atoms in total. The summed E-state index contributed by atoms with van der Waals surface area (Å²) >= 11 is 0. The maximum atomic E-state index is 13.2. The molecule has 0 amide bonds. The Morgan fingerprint density at radius 1 is 1.40 bits per heavy atom. The number of aliphatic hydroxyl groups is 1. The minimum absolute atomic E-state index is 0.144. The van der Waals surface area contributed by atoms with Gasteiger partial charge in [0, 0.05) is 24.7 Å². The van der Waals surface area contributed by atoms with Crippen LogP contribution in [0.5, 0.6) is 0 Å². The highest BCUT2D eigenvalue weighted by Crippen LogP contribution is 2.28. The molecule has 1 aromatic carbocycles. The predicted octanol–water partition coefficient (Wildman–Crippen LogP) is 2.44. The van der Waals surface area contributed by atoms with Crippen molar-refractivity contribution < 1.29 is 13.9 Å². The molecule has 1 fully saturated rings. The molecule has 0 radical (unpaired) electrons. The Kier molecular flexibility index (Phi) is 3.80. The van der Waals surface area contributed by atoms with Crippen LogP contribution < -0.4 is 0 Å². The van der Waals surface area contributed by atoms with E-state index in [0.29, 0.717) is 30.6 Å². The molecule has 1 N–H and O–H groups in total. The number of halogens is 1. The first kappa shape index (κ1) is 13.3. The summed E-state index contributed by atoms with van der Waals surface area (Å²) in [6.45, 7) is 1.45. The van der Waals surface area contributed by atoms with Crippen LogP contribution in [0.4, 0.5) is 4.39 Å². The van der Waals surface area contributed by atoms with Crippen LogP contribution >= 0.6 is 0 Å². The zero-order valence-electron chi connectivity index (χ0n) is 11.1. The molecule has 1 saturated carbocycles. The van der Waals surface area contributed by atoms with Crippen LogP contribution in [0.25, 0.3) is 11.5 Å². The van der Waals surface area contributed by atoms with E-state index in [9.17, 15) is 4.39 Å². The number of aliphatic hydroxyl groups excluding tert-OH is 1. The monoisotopic (exact) mass is 276 g/mol. The summed E-state index contributed by atoms with van der Waals surface area (Å²) in [5.41, 5.74) is 1.45. The van der Waals surface area contributed by atoms with Crippen LogP contribution in [-0.4, -0.2) is 34.2 Å². The lowest BCUT2D eigenvalue weighted by Gasteiger charge is -2.18. The summed E-state index contributed by atoms with van der Waals surface area (Å²) < 4.78 is 18.6. The number of nitrogens with zero attached hydrogens (tertiary/aromatic N) is 2. The molecule has 0 aliphatic heterocycles. The van der Waals surface area contributed by atoms with Crippen molar-refractivity contribution in [2.24, 2.45) is 0 Å². The van der Waals surface area contributed by atoms with Gasteiger partial charge in [-0.25, -0.2) is 9.37 Å². The van der Waals surface area contributed by atoms with Crippen molar-refractivity contribution in [1.82, 2.24) is 9.88 Å². The van der Waals surface area contributed by atoms with E-state index in [1.54, 1.807) is 18.4 Å². The van der Waals surface area contributed by atoms with Crippen LogP contribution in [-0.2, 0) is 6.54 Å². The Bertz CT molecular complexity index is 581. The van der Waals surface area contributed by atoms with Crippen molar-refractivity contribution in [2.45, 2.75) is 25.4 Å². The third-order valence-electron chi connectivity index (χ3n) is 3.44. The van der Waals surface area contributed by atoms with Crippen LogP contribution in [0.1, 0.15) is 18.5 Å². The van der Waals surface area contributed by atoms with E-state index >= 15 is 0 Å². The second kappa shape index (κ2) is 5.73. The van der Waals surface area contributed by atoms with Crippen LogP contribution in [0.15, 0.2) is 34.9 Å². The van der Waals surface area contributed by atoms with Crippen LogP contribution in [0.2, 0.25) is 0 Å². The van der Waals surface area contributed by atoms with Gasteiger partial charge in [0.25, 0.3) is 0 Å². The number of rotatable bonds is 6. The number of oxazole rings is 1. The second-order valence-corrected chi connectivity index (χ2v) is 5.08. The van der Waals surface area contributed by atoms with Gasteiger partial charge in [-0.1, -0.05) is 6.07 Å². The van der Waals surface area contributed by atoms with E-state index in [1.807, 2.05) is 0 Å². The number of hydrogen-bond acceptors (Lipinski definition) is 4. The van der Waals surface area contributed by atoms with Gasteiger partial charge in [-0.3, -0.25) is 4.90 Å². The highest BCUT2D eigenvalue weighted by Gasteiger charge is 2.29. The maximum Gasteiger partial charge on any atom is 0.226 e. The fraction of sp³-hybridized carbons (Fsp3) is 0.400. The topological polar surface area (TPSA) is 49.5 Å². The molecular formula is C15H17FN2O2. The zero-order chi connectivity index (χ0) is 13.9. The molecule has 1 aliphatic carbocycles. The normalized spacial score (nSPS) is 14.9. The van der Waals surface area contributed by atoms with E-state index in [0.717, 1.165) is 5.69 Å². The van der Waals surface area contributed by atoms with Crippen molar-refractivity contribution >= 4 is 0 Å². The van der Waals surface area contributed by atoms with Gasteiger partial charge in [0.05, 0.1) is 12.3 Å². The van der Waals surface area contributed by atoms with Crippen molar-refractivity contribution in [3.05, 3.63) is 42.0 Å². The van der Waals surface area contributed by atoms with Gasteiger partial charge in [-0.05, 0) is 31.0 Å². The lowest BCUT2D eigenvalue weighted by Crippen LogP contribution is -2.28. The first-order chi connectivity index (χ1) is 9.76. The molecule has 1 aromatic heterocycles. The van der Waals surface area contributed by atoms with Gasteiger partial charge >= 0.3 is 0 Å². The van der Waals surface area contributed by atoms with E-state index in [-0.39, 0.29) is 12.4 Å². The third kappa shape index (κ3) is 3.05. The molecule has 0 unspecified atom stereocenters. The molecule has 20 heavy (non-hydrogen) atoms. The zero-order valence-corrected chi connectivity index (χ0v) is 11.1. The van der Waals surface area contributed by atoms with Crippen molar-refractivity contribution in [3.63, 3.8) is 0 Å². The summed E-state index contributed by atoms with van der Waals surface area (Å²) in [6.07, 6.45) is 3.95. The highest BCUT2D eigenvalue weighted by molar-refractivity contribution is 5.52. The van der Waals surface area contributed by atoms with Crippen LogP contribution in [0, 0.1) is 5.82 Å². The second-order valence-electron chi connectivity index (χ2n) is 5.08. The SMILES string of the molecule is OCCN(Cc1coc(-c2cccc(F)c2)n1)C1CC1. The lowest BCUT2D eigenvalue weighted by molar-refractivity contribution is 0.182. The minimum atomic E-state index is -0.304. The largest absolute Gasteiger partial charge is 0.444 e. The first-order valence-corrected chi connectivity index (χ1v) is 6.81. The predicted molar refractivity (Wildman–Crippen MR) is 72.4 cm³/mol. The van der Waals surface area contributed by atoms with Gasteiger partial charge in [0.2, 0.25) is 5.89 Å². The third-order valence-corrected chi connectivity index (χ3v) is 3.44. The summed E-state index contributed by atoms with van der Waals surface area (Å²) in [5, 5.41) is 9.08. The Morgan fingerprint density at radius 3 is 2.95 bits per heavy atom. The van der Waals surface area contributed by atoms with Gasteiger partial charge in [-0.15, -0.1) is 0 Å². The fourth-order valence-corrected chi connectivity index (χ4v) is 2.30. The smallest absolute Gasteiger partial charge is 0.226 e. The molecule has 0 bridgehead atoms. The maximum absolute atomic E-state index is 13.2. The number of hydrogen-bond donors (Lipinski definition) is 1. The lowest BCUT2D eigenvalue weighted by atomic mass is 10.2. The first-order valence-electron chi connectivity index (χ1n) is 6.81. The summed E-state index contributed by atoms with van der Waals surface area (Å²) in [4.78, 5) is 6.60. The van der Waals surface area contributed by atoms with E-state index in [2.05, 4.69) is 9.88 Å². The van der Waals surface area contributed by atoms with E-state index in [4.69, 9.17) is 9.52 Å². The molecule has 0 saturated heterocycles. The Morgan fingerprint density at radius 2 is 2.25 bits per heavy atom. The molecule has 1 aliphatic rings. The highest BCUT2D eigenvalue weighted by atomic mass is 19.1. The molecular weight excluding hydrogens is 259 g/mol. The average Bonchev–Trinajstić information content (AvgIpc) is 3.18. The molecule has 0 atom stereocenters. The quantitative estimate of drug-likeness (QED) is 0.880. The summed E-state index contributed by atoms with van der Waals surface area (Å²) in [5.74, 6) is 0.126.